The fraction of sp³-hybridized carbons (Fsp3) is 0.0667. The fourth-order valence-corrected chi connectivity index (χ4v) is 3.56. The van der Waals surface area contributed by atoms with Crippen LogP contribution in [0.15, 0.2) is 45.2 Å². The highest BCUT2D eigenvalue weighted by molar-refractivity contribution is 9.11. The van der Waals surface area contributed by atoms with E-state index in [1.165, 1.54) is 4.90 Å². The van der Waals surface area contributed by atoms with Gasteiger partial charge in [-0.15, -0.1) is 11.3 Å². The summed E-state index contributed by atoms with van der Waals surface area (Å²) in [6.07, 6.45) is 1.81. The quantitative estimate of drug-likeness (QED) is 0.631. The van der Waals surface area contributed by atoms with Gasteiger partial charge >= 0.3 is 0 Å². The van der Waals surface area contributed by atoms with Crippen molar-refractivity contribution in [3.05, 3.63) is 56.3 Å². The molecule has 0 atom stereocenters. The lowest BCUT2D eigenvalue weighted by Crippen LogP contribution is -2.30. The van der Waals surface area contributed by atoms with Gasteiger partial charge in [0, 0.05) is 0 Å². The third-order valence-electron chi connectivity index (χ3n) is 3.13. The predicted octanol–water partition coefficient (Wildman–Crippen LogP) is 4.08. The molecule has 3 rings (SSSR count). The third kappa shape index (κ3) is 2.79. The van der Waals surface area contributed by atoms with Crippen molar-refractivity contribution in [1.29, 1.82) is 0 Å². The summed E-state index contributed by atoms with van der Waals surface area (Å²) < 4.78 is 1.03. The number of nitrogens with one attached hydrogen (secondary N) is 1. The first-order valence-electron chi connectivity index (χ1n) is 6.23. The number of thiocarbonyl (C=S) groups is 1. The van der Waals surface area contributed by atoms with E-state index in [1.807, 2.05) is 48.7 Å². The standard InChI is InChI=1S/C15H11BrN2OS2/c1-9-4-2-3-5-12(9)18-14(19)11(17-15(18)20)6-10-7-13(16)21-8-10/h2-8H,1H3,(H,17,20)/b11-6-. The van der Waals surface area contributed by atoms with E-state index in [9.17, 15) is 4.79 Å². The first kappa shape index (κ1) is 14.4. The van der Waals surface area contributed by atoms with E-state index < -0.39 is 0 Å². The van der Waals surface area contributed by atoms with Gasteiger partial charge in [0.25, 0.3) is 5.91 Å². The molecule has 1 amide bonds. The van der Waals surface area contributed by atoms with E-state index >= 15 is 0 Å². The number of nitrogens with zero attached hydrogens (tertiary/aromatic N) is 1. The number of anilines is 1. The topological polar surface area (TPSA) is 32.3 Å². The summed E-state index contributed by atoms with van der Waals surface area (Å²) in [7, 11) is 0. The third-order valence-corrected chi connectivity index (χ3v) is 4.94. The van der Waals surface area contributed by atoms with Crippen LogP contribution in [0.3, 0.4) is 0 Å². The van der Waals surface area contributed by atoms with E-state index in [2.05, 4.69) is 21.2 Å². The van der Waals surface area contributed by atoms with Gasteiger partial charge in [0.05, 0.1) is 9.47 Å². The van der Waals surface area contributed by atoms with Gasteiger partial charge in [-0.25, -0.2) is 0 Å². The maximum absolute atomic E-state index is 12.6. The number of carbonyl (C=O) groups excluding carboxylic acids is 1. The maximum Gasteiger partial charge on any atom is 0.281 e. The average molecular weight is 379 g/mol. The van der Waals surface area contributed by atoms with Crippen molar-refractivity contribution in [2.24, 2.45) is 0 Å². The molecule has 0 unspecified atom stereocenters. The molecule has 0 spiro atoms. The largest absolute Gasteiger partial charge is 0.327 e. The molecule has 1 saturated heterocycles. The lowest BCUT2D eigenvalue weighted by atomic mass is 10.2. The minimum Gasteiger partial charge on any atom is -0.327 e. The smallest absolute Gasteiger partial charge is 0.281 e. The van der Waals surface area contributed by atoms with E-state index in [0.717, 1.165) is 20.6 Å². The average Bonchev–Trinajstić information content (AvgIpc) is 2.96. The predicted molar refractivity (Wildman–Crippen MR) is 94.4 cm³/mol. The second-order valence-electron chi connectivity index (χ2n) is 4.60. The Balaban J connectivity index is 1.96. The molecular weight excluding hydrogens is 368 g/mol. The van der Waals surface area contributed by atoms with Crippen LogP contribution in [0, 0.1) is 6.92 Å². The number of rotatable bonds is 2. The Bertz CT molecular complexity index is 767. The maximum atomic E-state index is 12.6. The fourth-order valence-electron chi connectivity index (χ4n) is 2.13. The van der Waals surface area contributed by atoms with Gasteiger partial charge in [0.15, 0.2) is 5.11 Å². The molecule has 6 heteroatoms. The number of carbonyl (C=O) groups is 1. The van der Waals surface area contributed by atoms with Crippen LogP contribution in [0.4, 0.5) is 5.69 Å². The number of amides is 1. The second kappa shape index (κ2) is 5.71. The molecule has 1 aromatic heterocycles. The van der Waals surface area contributed by atoms with Crippen molar-refractivity contribution < 1.29 is 4.79 Å². The Kier molecular flexibility index (Phi) is 3.93. The molecule has 0 aliphatic carbocycles. The molecular formula is C15H11BrN2OS2. The lowest BCUT2D eigenvalue weighted by Gasteiger charge is -2.16. The number of hydrogen-bond donors (Lipinski definition) is 1. The van der Waals surface area contributed by atoms with Crippen LogP contribution in [0.25, 0.3) is 6.08 Å². The molecule has 1 aromatic carbocycles. The zero-order valence-corrected chi connectivity index (χ0v) is 14.3. The zero-order valence-electron chi connectivity index (χ0n) is 11.1. The monoisotopic (exact) mass is 378 g/mol. The molecule has 3 nitrogen and oxygen atoms in total. The van der Waals surface area contributed by atoms with Crippen LogP contribution < -0.4 is 10.2 Å². The van der Waals surface area contributed by atoms with E-state index in [4.69, 9.17) is 12.2 Å². The number of hydrogen-bond acceptors (Lipinski definition) is 3. The van der Waals surface area contributed by atoms with E-state index in [1.54, 1.807) is 11.3 Å². The highest BCUT2D eigenvalue weighted by atomic mass is 79.9. The van der Waals surface area contributed by atoms with E-state index in [0.29, 0.717) is 10.8 Å². The molecule has 1 N–H and O–H groups in total. The Morgan fingerprint density at radius 1 is 1.38 bits per heavy atom. The SMILES string of the molecule is Cc1ccccc1N1C(=O)/C(=C/c2csc(Br)c2)NC1=S. The normalized spacial score (nSPS) is 16.7. The number of para-hydroxylation sites is 1. The minimum absolute atomic E-state index is 0.128. The summed E-state index contributed by atoms with van der Waals surface area (Å²) in [5.74, 6) is -0.128. The van der Waals surface area contributed by atoms with Gasteiger partial charge in [-0.3, -0.25) is 9.69 Å². The summed E-state index contributed by atoms with van der Waals surface area (Å²) >= 11 is 10.3. The van der Waals surface area contributed by atoms with Crippen LogP contribution in [0.2, 0.25) is 0 Å². The van der Waals surface area contributed by atoms with Gasteiger partial charge < -0.3 is 5.32 Å². The van der Waals surface area contributed by atoms with Gasteiger partial charge in [0.1, 0.15) is 5.70 Å². The van der Waals surface area contributed by atoms with Crippen LogP contribution in [0.1, 0.15) is 11.1 Å². The van der Waals surface area contributed by atoms with Gasteiger partial charge in [0.2, 0.25) is 0 Å². The highest BCUT2D eigenvalue weighted by Gasteiger charge is 2.32. The summed E-state index contributed by atoms with van der Waals surface area (Å²) in [5, 5.41) is 5.39. The van der Waals surface area contributed by atoms with Gasteiger partial charge in [-0.1, -0.05) is 18.2 Å². The lowest BCUT2D eigenvalue weighted by molar-refractivity contribution is -0.113. The van der Waals surface area contributed by atoms with Crippen molar-refractivity contribution in [1.82, 2.24) is 5.32 Å². The van der Waals surface area contributed by atoms with Crippen molar-refractivity contribution in [3.8, 4) is 0 Å². The molecule has 21 heavy (non-hydrogen) atoms. The highest BCUT2D eigenvalue weighted by Crippen LogP contribution is 2.27. The molecule has 2 heterocycles. The zero-order chi connectivity index (χ0) is 15.0. The Morgan fingerprint density at radius 3 is 2.81 bits per heavy atom. The summed E-state index contributed by atoms with van der Waals surface area (Å²) in [6.45, 7) is 1.96. The first-order chi connectivity index (χ1) is 10.1. The van der Waals surface area contributed by atoms with Crippen molar-refractivity contribution in [3.63, 3.8) is 0 Å². The van der Waals surface area contributed by atoms with Gasteiger partial charge in [-0.2, -0.15) is 0 Å². The molecule has 1 aliphatic heterocycles. The van der Waals surface area contributed by atoms with Crippen LogP contribution in [-0.2, 0) is 4.79 Å². The molecule has 0 saturated carbocycles. The van der Waals surface area contributed by atoms with Crippen LogP contribution in [0.5, 0.6) is 0 Å². The number of aryl methyl sites for hydroxylation is 1. The second-order valence-corrected chi connectivity index (χ2v) is 7.28. The summed E-state index contributed by atoms with van der Waals surface area (Å²) in [4.78, 5) is 14.1. The molecule has 0 radical (unpaired) electrons. The molecule has 1 fully saturated rings. The molecule has 0 bridgehead atoms. The Hall–Kier alpha value is -1.50. The number of halogens is 1. The summed E-state index contributed by atoms with van der Waals surface area (Å²) in [6, 6.07) is 9.66. The molecule has 1 aliphatic rings. The molecule has 106 valence electrons. The number of benzene rings is 1. The van der Waals surface area contributed by atoms with E-state index in [-0.39, 0.29) is 5.91 Å². The van der Waals surface area contributed by atoms with Crippen molar-refractivity contribution >= 4 is 62.3 Å². The summed E-state index contributed by atoms with van der Waals surface area (Å²) in [5.41, 5.74) is 3.29. The van der Waals surface area contributed by atoms with Crippen LogP contribution in [-0.4, -0.2) is 11.0 Å². The minimum atomic E-state index is -0.128. The van der Waals surface area contributed by atoms with Crippen LogP contribution >= 0.6 is 39.5 Å². The Morgan fingerprint density at radius 2 is 2.14 bits per heavy atom. The van der Waals surface area contributed by atoms with Crippen molar-refractivity contribution in [2.75, 3.05) is 4.90 Å². The Labute approximate surface area is 140 Å². The number of thiophene rings is 1. The van der Waals surface area contributed by atoms with Crippen molar-refractivity contribution in [2.45, 2.75) is 6.92 Å². The first-order valence-corrected chi connectivity index (χ1v) is 8.31. The molecule has 2 aromatic rings. The van der Waals surface area contributed by atoms with Gasteiger partial charge in [-0.05, 0) is 69.8 Å².